The van der Waals surface area contributed by atoms with E-state index in [-0.39, 0.29) is 6.10 Å². The summed E-state index contributed by atoms with van der Waals surface area (Å²) < 4.78 is 8.04. The molecule has 0 radical (unpaired) electrons. The van der Waals surface area contributed by atoms with Gasteiger partial charge >= 0.3 is 0 Å². The van der Waals surface area contributed by atoms with Crippen LogP contribution < -0.4 is 5.32 Å². The summed E-state index contributed by atoms with van der Waals surface area (Å²) in [4.78, 5) is 5.90. The maximum absolute atomic E-state index is 5.76. The van der Waals surface area contributed by atoms with Gasteiger partial charge in [0, 0.05) is 30.4 Å². The summed E-state index contributed by atoms with van der Waals surface area (Å²) in [5.41, 5.74) is 2.76. The summed E-state index contributed by atoms with van der Waals surface area (Å²) in [6, 6.07) is 1.02. The lowest BCUT2D eigenvalue weighted by molar-refractivity contribution is 0.111. The highest BCUT2D eigenvalue weighted by Crippen LogP contribution is 2.35. The minimum absolute atomic E-state index is 0.233. The second-order valence-corrected chi connectivity index (χ2v) is 9.10. The Bertz CT molecular complexity index is 743. The molecule has 5 nitrogen and oxygen atoms in total. The third-order valence-corrected chi connectivity index (χ3v) is 7.20. The number of ether oxygens (including phenoxy) is 1. The molecule has 5 rings (SSSR count). The first kappa shape index (κ1) is 16.9. The Morgan fingerprint density at radius 3 is 2.92 bits per heavy atom. The smallest absolute Gasteiger partial charge is 0.122 e. The second-order valence-electron chi connectivity index (χ2n) is 7.95. The molecule has 1 N–H and O–H groups in total. The SMILES string of the molecule is c1nc(C2CCCO2)sc1CNC1CCCc2cn(C3CCCC3)nc21. The average molecular weight is 373 g/mol. The van der Waals surface area contributed by atoms with E-state index in [1.54, 1.807) is 11.3 Å². The summed E-state index contributed by atoms with van der Waals surface area (Å²) in [6.07, 6.45) is 15.8. The van der Waals surface area contributed by atoms with E-state index in [0.29, 0.717) is 12.1 Å². The van der Waals surface area contributed by atoms with Crippen molar-refractivity contribution in [3.63, 3.8) is 0 Å². The lowest BCUT2D eigenvalue weighted by Crippen LogP contribution is -2.24. The first-order chi connectivity index (χ1) is 12.9. The van der Waals surface area contributed by atoms with Gasteiger partial charge in [-0.1, -0.05) is 12.8 Å². The van der Waals surface area contributed by atoms with Gasteiger partial charge in [0.25, 0.3) is 0 Å². The largest absolute Gasteiger partial charge is 0.371 e. The third-order valence-electron chi connectivity index (χ3n) is 6.11. The van der Waals surface area contributed by atoms with Crippen LogP contribution in [0.15, 0.2) is 12.4 Å². The van der Waals surface area contributed by atoms with E-state index in [0.717, 1.165) is 31.0 Å². The van der Waals surface area contributed by atoms with Gasteiger partial charge in [0.2, 0.25) is 0 Å². The highest BCUT2D eigenvalue weighted by molar-refractivity contribution is 7.11. The summed E-state index contributed by atoms with van der Waals surface area (Å²) in [6.45, 7) is 1.76. The minimum atomic E-state index is 0.233. The zero-order valence-corrected chi connectivity index (χ0v) is 16.1. The Balaban J connectivity index is 1.25. The molecule has 2 aromatic heterocycles. The van der Waals surface area contributed by atoms with Crippen molar-refractivity contribution in [2.24, 2.45) is 0 Å². The molecule has 2 aliphatic carbocycles. The molecule has 26 heavy (non-hydrogen) atoms. The van der Waals surface area contributed by atoms with Crippen LogP contribution in [0.1, 0.15) is 90.7 Å². The second kappa shape index (κ2) is 7.41. The number of aromatic nitrogens is 3. The van der Waals surface area contributed by atoms with Gasteiger partial charge in [0.05, 0.1) is 17.8 Å². The Morgan fingerprint density at radius 2 is 2.08 bits per heavy atom. The summed E-state index contributed by atoms with van der Waals surface area (Å²) >= 11 is 1.80. The molecule has 2 unspecified atom stereocenters. The van der Waals surface area contributed by atoms with E-state index < -0.39 is 0 Å². The highest BCUT2D eigenvalue weighted by atomic mass is 32.1. The molecule has 2 aromatic rings. The summed E-state index contributed by atoms with van der Waals surface area (Å²) in [5.74, 6) is 0. The van der Waals surface area contributed by atoms with Crippen molar-refractivity contribution in [2.45, 2.75) is 82.5 Å². The van der Waals surface area contributed by atoms with E-state index in [2.05, 4.69) is 21.2 Å². The molecule has 3 heterocycles. The lowest BCUT2D eigenvalue weighted by atomic mass is 9.94. The first-order valence-corrected chi connectivity index (χ1v) is 11.1. The van der Waals surface area contributed by atoms with Gasteiger partial charge in [-0.3, -0.25) is 4.68 Å². The maximum Gasteiger partial charge on any atom is 0.122 e. The molecule has 2 fully saturated rings. The number of thiazole rings is 1. The van der Waals surface area contributed by atoms with E-state index in [1.165, 1.54) is 61.1 Å². The fraction of sp³-hybridized carbons (Fsp3) is 0.700. The number of hydrogen-bond acceptors (Lipinski definition) is 5. The zero-order valence-electron chi connectivity index (χ0n) is 15.3. The van der Waals surface area contributed by atoms with E-state index >= 15 is 0 Å². The molecule has 0 amide bonds. The lowest BCUT2D eigenvalue weighted by Gasteiger charge is -2.22. The summed E-state index contributed by atoms with van der Waals surface area (Å²) in [7, 11) is 0. The standard InChI is InChI=1S/C20H28N4OS/c1-2-7-15(6-1)24-13-14-5-3-8-17(19(14)23-24)21-11-16-12-22-20(26-16)18-9-4-10-25-18/h12-13,15,17-18,21H,1-11H2. The van der Waals surface area contributed by atoms with Crippen molar-refractivity contribution in [3.05, 3.63) is 33.5 Å². The predicted octanol–water partition coefficient (Wildman–Crippen LogP) is 4.47. The van der Waals surface area contributed by atoms with E-state index in [9.17, 15) is 0 Å². The Morgan fingerprint density at radius 1 is 1.15 bits per heavy atom. The number of hydrogen-bond donors (Lipinski definition) is 1. The van der Waals surface area contributed by atoms with Gasteiger partial charge in [-0.2, -0.15) is 5.10 Å². The fourth-order valence-electron chi connectivity index (χ4n) is 4.67. The zero-order chi connectivity index (χ0) is 17.3. The molecule has 1 saturated heterocycles. The van der Waals surface area contributed by atoms with Gasteiger partial charge in [-0.25, -0.2) is 4.98 Å². The monoisotopic (exact) mass is 372 g/mol. The van der Waals surface area contributed by atoms with Gasteiger partial charge in [0.1, 0.15) is 11.1 Å². The van der Waals surface area contributed by atoms with Crippen molar-refractivity contribution in [2.75, 3.05) is 6.61 Å². The van der Waals surface area contributed by atoms with Crippen molar-refractivity contribution >= 4 is 11.3 Å². The van der Waals surface area contributed by atoms with Crippen LogP contribution in [0.2, 0.25) is 0 Å². The highest BCUT2D eigenvalue weighted by Gasteiger charge is 2.27. The molecule has 0 spiro atoms. The van der Waals surface area contributed by atoms with E-state index in [4.69, 9.17) is 9.84 Å². The van der Waals surface area contributed by atoms with Crippen LogP contribution in [0, 0.1) is 0 Å². The van der Waals surface area contributed by atoms with Crippen LogP contribution in [0.25, 0.3) is 0 Å². The minimum Gasteiger partial charge on any atom is -0.371 e. The summed E-state index contributed by atoms with van der Waals surface area (Å²) in [5, 5.41) is 9.92. The normalized spacial score (nSPS) is 26.5. The van der Waals surface area contributed by atoms with Crippen LogP contribution in [0.3, 0.4) is 0 Å². The predicted molar refractivity (Wildman–Crippen MR) is 102 cm³/mol. The number of aryl methyl sites for hydroxylation is 1. The fourth-order valence-corrected chi connectivity index (χ4v) is 5.62. The Labute approximate surface area is 159 Å². The molecular weight excluding hydrogens is 344 g/mol. The third kappa shape index (κ3) is 3.35. The van der Waals surface area contributed by atoms with Crippen LogP contribution >= 0.6 is 11.3 Å². The number of nitrogens with one attached hydrogen (secondary N) is 1. The number of rotatable bonds is 5. The molecular formula is C20H28N4OS. The molecule has 140 valence electrons. The molecule has 0 aromatic carbocycles. The quantitative estimate of drug-likeness (QED) is 0.841. The van der Waals surface area contributed by atoms with Crippen LogP contribution in [-0.4, -0.2) is 21.4 Å². The molecule has 2 atom stereocenters. The topological polar surface area (TPSA) is 52.0 Å². The van der Waals surface area contributed by atoms with Gasteiger partial charge < -0.3 is 10.1 Å². The van der Waals surface area contributed by atoms with Crippen molar-refractivity contribution in [1.29, 1.82) is 0 Å². The van der Waals surface area contributed by atoms with Crippen molar-refractivity contribution in [1.82, 2.24) is 20.1 Å². The molecule has 6 heteroatoms. The van der Waals surface area contributed by atoms with Crippen LogP contribution in [0.4, 0.5) is 0 Å². The van der Waals surface area contributed by atoms with Gasteiger partial charge in [-0.15, -0.1) is 11.3 Å². The molecule has 3 aliphatic rings. The molecule has 1 aliphatic heterocycles. The van der Waals surface area contributed by atoms with Gasteiger partial charge in [0.15, 0.2) is 0 Å². The Kier molecular flexibility index (Phi) is 4.82. The van der Waals surface area contributed by atoms with Crippen LogP contribution in [0.5, 0.6) is 0 Å². The average Bonchev–Trinajstić information content (AvgIpc) is 3.46. The van der Waals surface area contributed by atoms with Gasteiger partial charge in [-0.05, 0) is 50.5 Å². The number of nitrogens with zero attached hydrogens (tertiary/aromatic N) is 3. The first-order valence-electron chi connectivity index (χ1n) is 10.2. The molecule has 1 saturated carbocycles. The Hall–Kier alpha value is -1.24. The van der Waals surface area contributed by atoms with Crippen LogP contribution in [-0.2, 0) is 17.7 Å². The maximum atomic E-state index is 5.76. The number of fused-ring (bicyclic) bond motifs is 1. The van der Waals surface area contributed by atoms with Crippen molar-refractivity contribution < 1.29 is 4.74 Å². The van der Waals surface area contributed by atoms with Crippen molar-refractivity contribution in [3.8, 4) is 0 Å². The van der Waals surface area contributed by atoms with E-state index in [1.807, 2.05) is 6.20 Å². The molecule has 0 bridgehead atoms.